The second kappa shape index (κ2) is 7.97. The van der Waals surface area contributed by atoms with Crippen LogP contribution in [0.15, 0.2) is 48.5 Å². The van der Waals surface area contributed by atoms with Crippen molar-refractivity contribution in [3.63, 3.8) is 0 Å². The number of nitrogens with one attached hydrogen (secondary N) is 1. The Bertz CT molecular complexity index is 1040. The molecule has 0 bridgehead atoms. The summed E-state index contributed by atoms with van der Waals surface area (Å²) in [4.78, 5) is 18.4. The number of quaternary nitrogens is 1. The fraction of sp³-hybridized carbons (Fsp3) is 0.440. The fourth-order valence-corrected chi connectivity index (χ4v) is 5.51. The number of benzene rings is 2. The lowest BCUT2D eigenvalue weighted by Crippen LogP contribution is -2.58. The van der Waals surface area contributed by atoms with Gasteiger partial charge in [-0.25, -0.2) is 9.78 Å². The van der Waals surface area contributed by atoms with Gasteiger partial charge in [0.15, 0.2) is 0 Å². The number of carbonyl (C=O) groups is 1. The van der Waals surface area contributed by atoms with Gasteiger partial charge in [0.25, 0.3) is 0 Å². The summed E-state index contributed by atoms with van der Waals surface area (Å²) in [6.07, 6.45) is 4.21. The van der Waals surface area contributed by atoms with Crippen molar-refractivity contribution in [1.82, 2.24) is 14.9 Å². The normalized spacial score (nSPS) is 20.8. The molecule has 0 radical (unpaired) electrons. The van der Waals surface area contributed by atoms with E-state index in [-0.39, 0.29) is 0 Å². The van der Waals surface area contributed by atoms with Crippen LogP contribution >= 0.6 is 0 Å². The minimum absolute atomic E-state index is 0.313. The second-order valence-electron chi connectivity index (χ2n) is 8.77. The molecule has 5 nitrogen and oxygen atoms in total. The highest BCUT2D eigenvalue weighted by Crippen LogP contribution is 2.30. The van der Waals surface area contributed by atoms with E-state index in [9.17, 15) is 4.79 Å². The van der Waals surface area contributed by atoms with Crippen molar-refractivity contribution in [1.29, 1.82) is 0 Å². The van der Waals surface area contributed by atoms with Gasteiger partial charge in [-0.3, -0.25) is 4.48 Å². The highest BCUT2D eigenvalue weighted by atomic mass is 16.2. The van der Waals surface area contributed by atoms with Gasteiger partial charge in [0, 0.05) is 45.3 Å². The molecule has 156 valence electrons. The van der Waals surface area contributed by atoms with E-state index in [0.717, 1.165) is 75.3 Å². The molecule has 30 heavy (non-hydrogen) atoms. The maximum atomic E-state index is 13.6. The Morgan fingerprint density at radius 1 is 1.13 bits per heavy atom. The van der Waals surface area contributed by atoms with Gasteiger partial charge < -0.3 is 9.88 Å². The summed E-state index contributed by atoms with van der Waals surface area (Å²) in [5.74, 6) is 1.39. The number of fused-ring (bicyclic) bond motifs is 1. The average molecular weight is 404 g/mol. The van der Waals surface area contributed by atoms with Crippen molar-refractivity contribution in [2.75, 3.05) is 26.2 Å². The van der Waals surface area contributed by atoms with Crippen LogP contribution in [0.4, 0.5) is 0 Å². The SMILES string of the molecule is CCn1c(Cc2ccc(C(=O)[N+]3(C4CCNC4)CCCC3)cc2)nc2ccccc21. The van der Waals surface area contributed by atoms with Gasteiger partial charge in [-0.1, -0.05) is 24.3 Å². The first kappa shape index (κ1) is 19.5. The number of amides is 1. The van der Waals surface area contributed by atoms with Crippen LogP contribution < -0.4 is 5.32 Å². The Labute approximate surface area is 178 Å². The molecular formula is C25H31N4O+. The van der Waals surface area contributed by atoms with Crippen molar-refractivity contribution in [2.24, 2.45) is 0 Å². The van der Waals surface area contributed by atoms with Gasteiger partial charge in [0.05, 0.1) is 29.7 Å². The second-order valence-corrected chi connectivity index (χ2v) is 8.77. The first-order valence-electron chi connectivity index (χ1n) is 11.4. The lowest BCUT2D eigenvalue weighted by atomic mass is 10.0. The Morgan fingerprint density at radius 3 is 2.60 bits per heavy atom. The third-order valence-electron chi connectivity index (χ3n) is 7.11. The average Bonchev–Trinajstić information content (AvgIpc) is 3.53. The number of imidazole rings is 1. The van der Waals surface area contributed by atoms with Crippen molar-refractivity contribution < 1.29 is 9.28 Å². The predicted octanol–water partition coefficient (Wildman–Crippen LogP) is 3.76. The first-order chi connectivity index (χ1) is 14.7. The zero-order valence-electron chi connectivity index (χ0n) is 17.8. The summed E-state index contributed by atoms with van der Waals surface area (Å²) in [6, 6.07) is 17.1. The van der Waals surface area contributed by atoms with Crippen molar-refractivity contribution >= 4 is 16.9 Å². The lowest BCUT2D eigenvalue weighted by Gasteiger charge is -2.36. The molecule has 5 rings (SSSR count). The number of hydrogen-bond donors (Lipinski definition) is 1. The minimum atomic E-state index is 0.313. The molecule has 1 N–H and O–H groups in total. The summed E-state index contributed by atoms with van der Waals surface area (Å²) < 4.78 is 2.93. The molecule has 2 fully saturated rings. The number of rotatable bonds is 5. The number of carbonyl (C=O) groups excluding carboxylic acids is 1. The Balaban J connectivity index is 1.39. The van der Waals surface area contributed by atoms with Gasteiger partial charge >= 0.3 is 5.91 Å². The zero-order valence-corrected chi connectivity index (χ0v) is 17.8. The standard InChI is InChI=1S/C25H31N4O/c1-2-28-23-8-4-3-7-22(23)27-24(28)17-19-9-11-20(12-10-19)25(30)29(15-5-6-16-29)21-13-14-26-18-21/h3-4,7-12,21,26H,2,5-6,13-18H2,1H3/q+1. The molecule has 3 aromatic rings. The van der Waals surface area contributed by atoms with E-state index >= 15 is 0 Å². The van der Waals surface area contributed by atoms with Crippen LogP contribution in [0.3, 0.4) is 0 Å². The van der Waals surface area contributed by atoms with Gasteiger partial charge in [0.2, 0.25) is 0 Å². The number of likely N-dealkylation sites (tertiary alicyclic amines) is 1. The molecule has 1 amide bonds. The van der Waals surface area contributed by atoms with Gasteiger partial charge in [-0.2, -0.15) is 0 Å². The van der Waals surface area contributed by atoms with Crippen LogP contribution in [-0.2, 0) is 13.0 Å². The molecule has 0 spiro atoms. The molecule has 5 heteroatoms. The third-order valence-corrected chi connectivity index (χ3v) is 7.11. The van der Waals surface area contributed by atoms with Gasteiger partial charge in [-0.05, 0) is 36.8 Å². The molecular weight excluding hydrogens is 372 g/mol. The monoisotopic (exact) mass is 403 g/mol. The maximum absolute atomic E-state index is 13.6. The van der Waals surface area contributed by atoms with Crippen LogP contribution in [0.2, 0.25) is 0 Å². The molecule has 2 aliphatic heterocycles. The van der Waals surface area contributed by atoms with Crippen molar-refractivity contribution in [2.45, 2.75) is 45.2 Å². The van der Waals surface area contributed by atoms with Crippen LogP contribution in [0.1, 0.15) is 47.9 Å². The quantitative estimate of drug-likeness (QED) is 0.660. The summed E-state index contributed by atoms with van der Waals surface area (Å²) in [6.45, 7) is 7.06. The smallest absolute Gasteiger partial charge is 0.328 e. The molecule has 1 unspecified atom stereocenters. The molecule has 0 saturated carbocycles. The van der Waals surface area contributed by atoms with E-state index in [2.05, 4.69) is 47.1 Å². The van der Waals surface area contributed by atoms with E-state index in [1.54, 1.807) is 0 Å². The van der Waals surface area contributed by atoms with E-state index in [0.29, 0.717) is 16.4 Å². The van der Waals surface area contributed by atoms with Crippen molar-refractivity contribution in [3.05, 3.63) is 65.5 Å². The Morgan fingerprint density at radius 2 is 1.90 bits per heavy atom. The van der Waals surface area contributed by atoms with Crippen LogP contribution in [0.25, 0.3) is 11.0 Å². The molecule has 3 heterocycles. The zero-order chi connectivity index (χ0) is 20.6. The maximum Gasteiger partial charge on any atom is 0.346 e. The highest BCUT2D eigenvalue weighted by molar-refractivity contribution is 5.89. The first-order valence-corrected chi connectivity index (χ1v) is 11.4. The molecule has 2 aromatic carbocycles. The van der Waals surface area contributed by atoms with E-state index < -0.39 is 0 Å². The number of nitrogens with zero attached hydrogens (tertiary/aromatic N) is 3. The third kappa shape index (κ3) is 3.26. The summed E-state index contributed by atoms with van der Waals surface area (Å²) in [5.41, 5.74) is 4.29. The Hall–Kier alpha value is -2.50. The summed E-state index contributed by atoms with van der Waals surface area (Å²) in [5, 5.41) is 3.46. The van der Waals surface area contributed by atoms with Crippen molar-refractivity contribution in [3.8, 4) is 0 Å². The predicted molar refractivity (Wildman–Crippen MR) is 119 cm³/mol. The van der Waals surface area contributed by atoms with Crippen LogP contribution in [-0.4, -0.2) is 52.2 Å². The lowest BCUT2D eigenvalue weighted by molar-refractivity contribution is -0.860. The molecule has 0 aliphatic carbocycles. The largest absolute Gasteiger partial charge is 0.346 e. The van der Waals surface area contributed by atoms with Crippen LogP contribution in [0.5, 0.6) is 0 Å². The highest BCUT2D eigenvalue weighted by Gasteiger charge is 2.47. The van der Waals surface area contributed by atoms with Gasteiger partial charge in [0.1, 0.15) is 11.9 Å². The van der Waals surface area contributed by atoms with E-state index in [1.165, 1.54) is 11.1 Å². The molecule has 2 aliphatic rings. The van der Waals surface area contributed by atoms with E-state index in [4.69, 9.17) is 4.98 Å². The number of aromatic nitrogens is 2. The Kier molecular flexibility index (Phi) is 5.17. The number of aryl methyl sites for hydroxylation is 1. The number of hydrogen-bond acceptors (Lipinski definition) is 3. The molecule has 2 saturated heterocycles. The molecule has 1 atom stereocenters. The summed E-state index contributed by atoms with van der Waals surface area (Å²) in [7, 11) is 0. The van der Waals surface area contributed by atoms with Gasteiger partial charge in [-0.15, -0.1) is 0 Å². The topological polar surface area (TPSA) is 46.9 Å². The van der Waals surface area contributed by atoms with E-state index in [1.807, 2.05) is 18.2 Å². The molecule has 1 aromatic heterocycles. The number of para-hydroxylation sites is 2. The van der Waals surface area contributed by atoms with Crippen LogP contribution in [0, 0.1) is 0 Å². The minimum Gasteiger partial charge on any atom is -0.328 e. The summed E-state index contributed by atoms with van der Waals surface area (Å²) >= 11 is 0. The fourth-order valence-electron chi connectivity index (χ4n) is 5.51.